The molecule has 6 nitrogen and oxygen atoms in total. The van der Waals surface area contributed by atoms with Crippen molar-refractivity contribution in [2.45, 2.75) is 13.8 Å². The quantitative estimate of drug-likeness (QED) is 0.642. The number of aryl methyl sites for hydroxylation is 2. The molecule has 0 spiro atoms. The summed E-state index contributed by atoms with van der Waals surface area (Å²) >= 11 is 6.40. The van der Waals surface area contributed by atoms with E-state index in [0.29, 0.717) is 22.2 Å². The molecule has 2 aromatic carbocycles. The third kappa shape index (κ3) is 3.53. The van der Waals surface area contributed by atoms with E-state index >= 15 is 0 Å². The third-order valence-electron chi connectivity index (χ3n) is 4.44. The maximum absolute atomic E-state index is 12.1. The molecule has 0 saturated heterocycles. The largest absolute Gasteiger partial charge is 0.464 e. The van der Waals surface area contributed by atoms with Gasteiger partial charge in [0.15, 0.2) is 5.69 Å². The van der Waals surface area contributed by atoms with Crippen molar-refractivity contribution in [2.24, 2.45) is 0 Å². The molecule has 0 unspecified atom stereocenters. The predicted octanol–water partition coefficient (Wildman–Crippen LogP) is 4.78. The number of rotatable bonds is 4. The van der Waals surface area contributed by atoms with Gasteiger partial charge < -0.3 is 19.8 Å². The van der Waals surface area contributed by atoms with Crippen LogP contribution >= 0.6 is 11.6 Å². The van der Waals surface area contributed by atoms with Gasteiger partial charge >= 0.3 is 5.97 Å². The van der Waals surface area contributed by atoms with Gasteiger partial charge in [0.1, 0.15) is 17.6 Å². The zero-order valence-electron chi connectivity index (χ0n) is 15.6. The summed E-state index contributed by atoms with van der Waals surface area (Å²) in [6.45, 7) is 4.03. The van der Waals surface area contributed by atoms with E-state index in [0.717, 1.165) is 5.56 Å². The highest BCUT2D eigenvalue weighted by Crippen LogP contribution is 2.33. The van der Waals surface area contributed by atoms with Gasteiger partial charge in [-0.15, -0.1) is 0 Å². The van der Waals surface area contributed by atoms with Crippen molar-refractivity contribution in [3.05, 3.63) is 70.0 Å². The van der Waals surface area contributed by atoms with Crippen LogP contribution in [0.4, 0.5) is 5.69 Å². The van der Waals surface area contributed by atoms with Gasteiger partial charge in [0.25, 0.3) is 0 Å². The van der Waals surface area contributed by atoms with Gasteiger partial charge in [-0.25, -0.2) is 4.79 Å². The summed E-state index contributed by atoms with van der Waals surface area (Å²) in [5.41, 5.74) is 9.05. The minimum Gasteiger partial charge on any atom is -0.464 e. The van der Waals surface area contributed by atoms with E-state index < -0.39 is 5.97 Å². The Labute approximate surface area is 167 Å². The summed E-state index contributed by atoms with van der Waals surface area (Å²) in [5, 5.41) is 9.57. The van der Waals surface area contributed by atoms with Gasteiger partial charge in [0.05, 0.1) is 23.4 Å². The number of methoxy groups -OCH3 is 1. The summed E-state index contributed by atoms with van der Waals surface area (Å²) in [4.78, 5) is 12.1. The Bertz CT molecular complexity index is 1110. The number of nitrogen functional groups attached to an aromatic ring is 1. The number of carbonyl (C=O) groups excluding carboxylic acids is 1. The Morgan fingerprint density at radius 3 is 2.54 bits per heavy atom. The van der Waals surface area contributed by atoms with Crippen molar-refractivity contribution in [1.29, 1.82) is 5.26 Å². The van der Waals surface area contributed by atoms with Crippen molar-refractivity contribution in [3.63, 3.8) is 0 Å². The van der Waals surface area contributed by atoms with E-state index in [1.807, 2.05) is 38.1 Å². The zero-order chi connectivity index (χ0) is 20.4. The predicted molar refractivity (Wildman–Crippen MR) is 107 cm³/mol. The van der Waals surface area contributed by atoms with Crippen molar-refractivity contribution < 1.29 is 14.3 Å². The fraction of sp³-hybridized carbons (Fsp3) is 0.143. The molecule has 2 N–H and O–H groups in total. The topological polar surface area (TPSA) is 90.3 Å². The van der Waals surface area contributed by atoms with E-state index in [9.17, 15) is 10.1 Å². The van der Waals surface area contributed by atoms with Crippen molar-refractivity contribution >= 4 is 23.3 Å². The second kappa shape index (κ2) is 7.67. The minimum atomic E-state index is -0.648. The number of aromatic nitrogens is 1. The Morgan fingerprint density at radius 1 is 1.18 bits per heavy atom. The molecule has 3 rings (SSSR count). The van der Waals surface area contributed by atoms with Gasteiger partial charge in [-0.3, -0.25) is 0 Å². The van der Waals surface area contributed by atoms with Crippen LogP contribution in [0.2, 0.25) is 5.02 Å². The lowest BCUT2D eigenvalue weighted by Gasteiger charge is -2.12. The molecule has 0 fully saturated rings. The molecule has 7 heteroatoms. The number of esters is 1. The molecule has 1 aromatic heterocycles. The number of nitriles is 1. The van der Waals surface area contributed by atoms with Crippen LogP contribution in [0, 0.1) is 25.2 Å². The number of hydrogen-bond donors (Lipinski definition) is 1. The van der Waals surface area contributed by atoms with Crippen LogP contribution in [0.5, 0.6) is 11.5 Å². The highest BCUT2D eigenvalue weighted by Gasteiger charge is 2.22. The first kappa shape index (κ1) is 19.3. The minimum absolute atomic E-state index is 0.0564. The number of ether oxygens (including phenoxy) is 2. The molecule has 0 radical (unpaired) electrons. The van der Waals surface area contributed by atoms with Gasteiger partial charge in [-0.05, 0) is 55.3 Å². The summed E-state index contributed by atoms with van der Waals surface area (Å²) in [5.74, 6) is 0.490. The molecule has 0 saturated carbocycles. The Kier molecular flexibility index (Phi) is 5.30. The number of benzene rings is 2. The lowest BCUT2D eigenvalue weighted by molar-refractivity contribution is 0.0593. The summed E-state index contributed by atoms with van der Waals surface area (Å²) in [7, 11) is 1.25. The second-order valence-corrected chi connectivity index (χ2v) is 6.65. The first-order valence-corrected chi connectivity index (χ1v) is 8.77. The molecular weight excluding hydrogens is 378 g/mol. The summed E-state index contributed by atoms with van der Waals surface area (Å²) in [6.07, 6.45) is 1.47. The Morgan fingerprint density at radius 2 is 1.93 bits per heavy atom. The van der Waals surface area contributed by atoms with E-state index in [1.165, 1.54) is 23.4 Å². The lowest BCUT2D eigenvalue weighted by Crippen LogP contribution is -2.11. The van der Waals surface area contributed by atoms with Crippen LogP contribution in [0.1, 0.15) is 27.2 Å². The first-order chi connectivity index (χ1) is 13.3. The number of halogens is 1. The number of hydrogen-bond acceptors (Lipinski definition) is 5. The van der Waals surface area contributed by atoms with Crippen LogP contribution in [0.3, 0.4) is 0 Å². The standard InChI is InChI=1S/C21H18ClN3O3/c1-12-4-6-16(8-13(12)2)28-18-7-5-15(9-17(18)22)25-11-14(10-23)19(24)20(25)21(26)27-3/h4-9,11H,24H2,1-3H3. The number of anilines is 1. The van der Waals surface area contributed by atoms with Gasteiger partial charge in [0, 0.05) is 11.9 Å². The van der Waals surface area contributed by atoms with Crippen LogP contribution in [-0.4, -0.2) is 17.6 Å². The second-order valence-electron chi connectivity index (χ2n) is 6.24. The molecular formula is C21H18ClN3O3. The van der Waals surface area contributed by atoms with E-state index in [4.69, 9.17) is 26.8 Å². The average Bonchev–Trinajstić information content (AvgIpc) is 3.02. The molecule has 0 aliphatic carbocycles. The SMILES string of the molecule is COC(=O)c1c(N)c(C#N)cn1-c1ccc(Oc2ccc(C)c(C)c2)c(Cl)c1. The number of nitrogens with two attached hydrogens (primary N) is 1. The van der Waals surface area contributed by atoms with Crippen molar-refractivity contribution in [1.82, 2.24) is 4.57 Å². The molecule has 1 heterocycles. The molecule has 3 aromatic rings. The maximum Gasteiger partial charge on any atom is 0.357 e. The Hall–Kier alpha value is -3.43. The third-order valence-corrected chi connectivity index (χ3v) is 4.74. The molecule has 0 amide bonds. The van der Waals surface area contributed by atoms with Crippen molar-refractivity contribution in [3.8, 4) is 23.3 Å². The molecule has 142 valence electrons. The molecule has 0 bridgehead atoms. The fourth-order valence-electron chi connectivity index (χ4n) is 2.74. The van der Waals surface area contributed by atoms with Crippen LogP contribution in [-0.2, 0) is 4.74 Å². The summed E-state index contributed by atoms with van der Waals surface area (Å²) < 4.78 is 12.1. The van der Waals surface area contributed by atoms with E-state index in [2.05, 4.69) is 0 Å². The highest BCUT2D eigenvalue weighted by molar-refractivity contribution is 6.32. The average molecular weight is 396 g/mol. The molecule has 0 aliphatic rings. The zero-order valence-corrected chi connectivity index (χ0v) is 16.4. The normalized spacial score (nSPS) is 10.4. The molecule has 0 aliphatic heterocycles. The van der Waals surface area contributed by atoms with E-state index in [-0.39, 0.29) is 16.9 Å². The van der Waals surface area contributed by atoms with Gasteiger partial charge in [-0.2, -0.15) is 5.26 Å². The Balaban J connectivity index is 2.00. The first-order valence-electron chi connectivity index (χ1n) is 8.40. The van der Waals surface area contributed by atoms with Crippen molar-refractivity contribution in [2.75, 3.05) is 12.8 Å². The smallest absolute Gasteiger partial charge is 0.357 e. The van der Waals surface area contributed by atoms with Crippen LogP contribution < -0.4 is 10.5 Å². The summed E-state index contributed by atoms with van der Waals surface area (Å²) in [6, 6.07) is 12.8. The highest BCUT2D eigenvalue weighted by atomic mass is 35.5. The molecule has 28 heavy (non-hydrogen) atoms. The number of nitrogens with zero attached hydrogens (tertiary/aromatic N) is 2. The monoisotopic (exact) mass is 395 g/mol. The maximum atomic E-state index is 12.1. The van der Waals surface area contributed by atoms with Crippen LogP contribution in [0.15, 0.2) is 42.6 Å². The van der Waals surface area contributed by atoms with E-state index in [1.54, 1.807) is 18.2 Å². The molecule has 0 atom stereocenters. The fourth-order valence-corrected chi connectivity index (χ4v) is 2.96. The van der Waals surface area contributed by atoms with Gasteiger partial charge in [0.2, 0.25) is 0 Å². The van der Waals surface area contributed by atoms with Crippen LogP contribution in [0.25, 0.3) is 5.69 Å². The number of carbonyl (C=O) groups is 1. The lowest BCUT2D eigenvalue weighted by atomic mass is 10.1. The van der Waals surface area contributed by atoms with Gasteiger partial charge in [-0.1, -0.05) is 17.7 Å².